The van der Waals surface area contributed by atoms with Crippen molar-refractivity contribution in [2.75, 3.05) is 0 Å². The lowest BCUT2D eigenvalue weighted by atomic mass is 9.43. The Hall–Kier alpha value is -0.410. The van der Waals surface area contributed by atoms with Gasteiger partial charge in [0.2, 0.25) is 0 Å². The largest absolute Gasteiger partial charge is 0.393 e. The van der Waals surface area contributed by atoms with E-state index < -0.39 is 0 Å². The third-order valence-corrected chi connectivity index (χ3v) is 10.4. The zero-order valence-corrected chi connectivity index (χ0v) is 18.5. The average molecular weight is 391 g/mol. The molecule has 3 nitrogen and oxygen atoms in total. The van der Waals surface area contributed by atoms with Crippen LogP contribution in [0.1, 0.15) is 91.9 Å². The summed E-state index contributed by atoms with van der Waals surface area (Å²) in [7, 11) is 0. The van der Waals surface area contributed by atoms with Gasteiger partial charge in [-0.15, -0.1) is 0 Å². The summed E-state index contributed by atoms with van der Waals surface area (Å²) in [6, 6.07) is 0. The fourth-order valence-corrected chi connectivity index (χ4v) is 8.81. The minimum Gasteiger partial charge on any atom is -0.393 e. The Balaban J connectivity index is 1.55. The van der Waals surface area contributed by atoms with E-state index in [1.165, 1.54) is 25.7 Å². The summed E-state index contributed by atoms with van der Waals surface area (Å²) in [6.07, 6.45) is 10.3. The molecule has 0 aromatic heterocycles. The van der Waals surface area contributed by atoms with Gasteiger partial charge in [0.1, 0.15) is 5.78 Å². The number of ketones is 1. The molecule has 2 unspecified atom stereocenters. The minimum absolute atomic E-state index is 0.159. The van der Waals surface area contributed by atoms with Gasteiger partial charge in [0.25, 0.3) is 0 Å². The minimum atomic E-state index is -0.190. The monoisotopic (exact) mass is 390 g/mol. The second-order valence-corrected chi connectivity index (χ2v) is 11.7. The zero-order valence-electron chi connectivity index (χ0n) is 18.5. The number of aliphatic hydroxyl groups excluding tert-OH is 2. The molecule has 160 valence electrons. The van der Waals surface area contributed by atoms with Gasteiger partial charge in [-0.05, 0) is 111 Å². The highest BCUT2D eigenvalue weighted by Crippen LogP contribution is 2.68. The van der Waals surface area contributed by atoms with Crippen molar-refractivity contribution < 1.29 is 15.0 Å². The van der Waals surface area contributed by atoms with Gasteiger partial charge in [-0.1, -0.05) is 20.8 Å². The number of carbonyl (C=O) groups excluding carboxylic acids is 1. The van der Waals surface area contributed by atoms with Gasteiger partial charge in [0.15, 0.2) is 0 Å². The van der Waals surface area contributed by atoms with Crippen LogP contribution in [-0.4, -0.2) is 28.2 Å². The van der Waals surface area contributed by atoms with E-state index in [4.69, 9.17) is 0 Å². The molecule has 3 heteroatoms. The fourth-order valence-electron chi connectivity index (χ4n) is 8.81. The van der Waals surface area contributed by atoms with Gasteiger partial charge in [0, 0.05) is 6.42 Å². The molecule has 0 amide bonds. The van der Waals surface area contributed by atoms with Crippen molar-refractivity contribution in [3.05, 3.63) is 0 Å². The SMILES string of the molecule is CC(=O)CC[C@H](C)[C@H]1CCC2[C@@H]3[C@@H](O)CC4C[C@H](O)CC[C@]4(C)[C@H]3CC[C@@]21C. The van der Waals surface area contributed by atoms with Crippen LogP contribution in [0.4, 0.5) is 0 Å². The summed E-state index contributed by atoms with van der Waals surface area (Å²) in [4.78, 5) is 11.5. The average Bonchev–Trinajstić information content (AvgIpc) is 2.98. The second-order valence-electron chi connectivity index (χ2n) is 11.7. The zero-order chi connectivity index (χ0) is 20.3. The van der Waals surface area contributed by atoms with Crippen molar-refractivity contribution in [2.45, 2.75) is 104 Å². The van der Waals surface area contributed by atoms with E-state index in [9.17, 15) is 15.0 Å². The molecule has 28 heavy (non-hydrogen) atoms. The summed E-state index contributed by atoms with van der Waals surface area (Å²) >= 11 is 0. The Kier molecular flexibility index (Phi) is 5.49. The maximum Gasteiger partial charge on any atom is 0.129 e. The molecular formula is C25H42O3. The molecule has 0 aromatic rings. The quantitative estimate of drug-likeness (QED) is 0.711. The molecule has 4 fully saturated rings. The fraction of sp³-hybridized carbons (Fsp3) is 0.960. The smallest absolute Gasteiger partial charge is 0.129 e. The van der Waals surface area contributed by atoms with E-state index in [0.717, 1.165) is 38.5 Å². The van der Waals surface area contributed by atoms with Crippen LogP contribution in [0.2, 0.25) is 0 Å². The number of carbonyl (C=O) groups is 1. The van der Waals surface area contributed by atoms with E-state index in [1.807, 2.05) is 0 Å². The summed E-state index contributed by atoms with van der Waals surface area (Å²) in [5, 5.41) is 21.5. The molecule has 0 spiro atoms. The van der Waals surface area contributed by atoms with Crippen LogP contribution in [-0.2, 0) is 4.79 Å². The summed E-state index contributed by atoms with van der Waals surface area (Å²) < 4.78 is 0. The van der Waals surface area contributed by atoms with Crippen LogP contribution in [0.5, 0.6) is 0 Å². The van der Waals surface area contributed by atoms with Crippen LogP contribution in [0.25, 0.3) is 0 Å². The lowest BCUT2D eigenvalue weighted by molar-refractivity contribution is -0.174. The first-order valence-electron chi connectivity index (χ1n) is 12.0. The van der Waals surface area contributed by atoms with Crippen molar-refractivity contribution in [1.82, 2.24) is 0 Å². The number of hydrogen-bond acceptors (Lipinski definition) is 3. The Morgan fingerprint density at radius 1 is 1.00 bits per heavy atom. The molecule has 0 aliphatic heterocycles. The van der Waals surface area contributed by atoms with Gasteiger partial charge in [-0.3, -0.25) is 0 Å². The lowest BCUT2D eigenvalue weighted by Crippen LogP contribution is -2.58. The molecule has 0 bridgehead atoms. The molecule has 4 rings (SSSR count). The van der Waals surface area contributed by atoms with Crippen molar-refractivity contribution in [3.63, 3.8) is 0 Å². The van der Waals surface area contributed by atoms with E-state index in [1.54, 1.807) is 6.92 Å². The summed E-state index contributed by atoms with van der Waals surface area (Å²) in [6.45, 7) is 9.08. The van der Waals surface area contributed by atoms with Crippen molar-refractivity contribution in [1.29, 1.82) is 0 Å². The first-order chi connectivity index (χ1) is 13.2. The van der Waals surface area contributed by atoms with Crippen LogP contribution < -0.4 is 0 Å². The van der Waals surface area contributed by atoms with E-state index >= 15 is 0 Å². The van der Waals surface area contributed by atoms with E-state index in [2.05, 4.69) is 20.8 Å². The van der Waals surface area contributed by atoms with Gasteiger partial charge in [-0.2, -0.15) is 0 Å². The normalized spacial score (nSPS) is 51.7. The Bertz CT molecular complexity index is 603. The Labute approximate surface area is 171 Å². The maximum atomic E-state index is 11.5. The topological polar surface area (TPSA) is 57.5 Å². The molecular weight excluding hydrogens is 348 g/mol. The Morgan fingerprint density at radius 3 is 2.39 bits per heavy atom. The van der Waals surface area contributed by atoms with Crippen molar-refractivity contribution >= 4 is 5.78 Å². The summed E-state index contributed by atoms with van der Waals surface area (Å²) in [5.74, 6) is 3.81. The number of aliphatic hydroxyl groups is 2. The first kappa shape index (κ1) is 20.8. The van der Waals surface area contributed by atoms with Crippen LogP contribution in [0.3, 0.4) is 0 Å². The highest BCUT2D eigenvalue weighted by molar-refractivity contribution is 5.75. The summed E-state index contributed by atoms with van der Waals surface area (Å²) in [5.41, 5.74) is 0.637. The standard InChI is InChI=1S/C25H42O3/c1-15(5-6-16(2)26)19-7-8-20-23-21(10-12-25(19,20)4)24(3)11-9-18(27)13-17(24)14-22(23)28/h15,17-23,27-28H,5-14H2,1-4H3/t15-,17?,18+,19+,20?,21-,22-,23-,24-,25+/m0/s1. The Morgan fingerprint density at radius 2 is 1.68 bits per heavy atom. The number of rotatable bonds is 4. The van der Waals surface area contributed by atoms with Crippen LogP contribution >= 0.6 is 0 Å². The molecule has 10 atom stereocenters. The molecule has 2 N–H and O–H groups in total. The molecule has 0 aromatic carbocycles. The van der Waals surface area contributed by atoms with Crippen molar-refractivity contribution in [3.8, 4) is 0 Å². The van der Waals surface area contributed by atoms with Crippen LogP contribution in [0.15, 0.2) is 0 Å². The predicted molar refractivity (Wildman–Crippen MR) is 112 cm³/mol. The molecule has 0 radical (unpaired) electrons. The third-order valence-electron chi connectivity index (χ3n) is 10.4. The molecule has 0 heterocycles. The number of hydrogen-bond donors (Lipinski definition) is 2. The molecule has 0 saturated heterocycles. The van der Waals surface area contributed by atoms with E-state index in [-0.39, 0.29) is 12.2 Å². The number of fused-ring (bicyclic) bond motifs is 5. The van der Waals surface area contributed by atoms with E-state index in [0.29, 0.717) is 52.1 Å². The second kappa shape index (κ2) is 7.38. The number of Topliss-reactive ketones (excluding diaryl/α,β-unsaturated/α-hetero) is 1. The van der Waals surface area contributed by atoms with Gasteiger partial charge in [0.05, 0.1) is 12.2 Å². The third kappa shape index (κ3) is 3.20. The molecule has 4 aliphatic carbocycles. The highest BCUT2D eigenvalue weighted by atomic mass is 16.3. The highest BCUT2D eigenvalue weighted by Gasteiger charge is 2.62. The molecule has 4 saturated carbocycles. The molecule has 4 aliphatic rings. The van der Waals surface area contributed by atoms with Crippen molar-refractivity contribution in [2.24, 2.45) is 46.3 Å². The maximum absolute atomic E-state index is 11.5. The van der Waals surface area contributed by atoms with Crippen LogP contribution in [0, 0.1) is 46.3 Å². The van der Waals surface area contributed by atoms with Gasteiger partial charge in [-0.25, -0.2) is 0 Å². The van der Waals surface area contributed by atoms with Gasteiger partial charge < -0.3 is 15.0 Å². The predicted octanol–water partition coefficient (Wildman–Crippen LogP) is 4.98. The van der Waals surface area contributed by atoms with Gasteiger partial charge >= 0.3 is 0 Å². The first-order valence-corrected chi connectivity index (χ1v) is 12.0. The lowest BCUT2D eigenvalue weighted by Gasteiger charge is -2.62.